The number of benzene rings is 1. The maximum Gasteiger partial charge on any atom is 0.279 e. The van der Waals surface area contributed by atoms with Crippen molar-refractivity contribution in [1.82, 2.24) is 10.4 Å². The van der Waals surface area contributed by atoms with Crippen LogP contribution in [0.4, 0.5) is 0 Å². The Bertz CT molecular complexity index is 924. The van der Waals surface area contributed by atoms with E-state index in [1.165, 1.54) is 17.2 Å². The highest BCUT2D eigenvalue weighted by Crippen LogP contribution is 2.59. The molecule has 3 amide bonds. The molecule has 3 aliphatic rings. The summed E-state index contributed by atoms with van der Waals surface area (Å²) in [6.07, 6.45) is 1.24. The van der Waals surface area contributed by atoms with Crippen LogP contribution in [0.25, 0.3) is 0 Å². The lowest BCUT2D eigenvalue weighted by Gasteiger charge is -2.23. The fourth-order valence-corrected chi connectivity index (χ4v) is 5.65. The number of carbonyl (C=O) groups excluding carboxylic acids is 3. The first kappa shape index (κ1) is 21.2. The first-order valence-electron chi connectivity index (χ1n) is 10.2. The Balaban J connectivity index is 1.50. The minimum Gasteiger partial charge on any atom is -0.479 e. The Morgan fingerprint density at radius 2 is 1.77 bits per heavy atom. The first-order valence-corrected chi connectivity index (χ1v) is 11.0. The summed E-state index contributed by atoms with van der Waals surface area (Å²) in [5, 5.41) is 1.66. The second kappa shape index (κ2) is 7.89. The molecule has 3 fully saturated rings. The largest absolute Gasteiger partial charge is 0.479 e. The number of nitrogens with zero attached hydrogens (tertiary/aromatic N) is 1. The third kappa shape index (κ3) is 3.30. The number of hydrogen-bond acceptors (Lipinski definition) is 4. The molecule has 30 heavy (non-hydrogen) atoms. The molecule has 0 aromatic heterocycles. The second-order valence-electron chi connectivity index (χ2n) is 8.37. The van der Waals surface area contributed by atoms with Crippen molar-refractivity contribution in [2.24, 2.45) is 23.7 Å². The molecule has 0 radical (unpaired) electrons. The van der Waals surface area contributed by atoms with E-state index in [0.717, 1.165) is 17.9 Å². The molecule has 5 atom stereocenters. The van der Waals surface area contributed by atoms with Gasteiger partial charge in [-0.2, -0.15) is 5.01 Å². The van der Waals surface area contributed by atoms with Gasteiger partial charge in [-0.05, 0) is 57.1 Å². The lowest BCUT2D eigenvalue weighted by Crippen LogP contribution is -2.51. The number of allylic oxidation sites excluding steroid dienone is 2. The maximum atomic E-state index is 13.0. The zero-order valence-corrected chi connectivity index (χ0v) is 18.6. The van der Waals surface area contributed by atoms with Crippen molar-refractivity contribution in [1.29, 1.82) is 0 Å². The van der Waals surface area contributed by atoms with Crippen molar-refractivity contribution in [3.63, 3.8) is 0 Å². The Morgan fingerprint density at radius 3 is 2.30 bits per heavy atom. The highest BCUT2D eigenvalue weighted by molar-refractivity contribution is 6.34. The van der Waals surface area contributed by atoms with Crippen LogP contribution in [0.3, 0.4) is 0 Å². The number of hydrazine groups is 1. The number of imide groups is 1. The molecular formula is C22H24Cl2N2O4. The summed E-state index contributed by atoms with van der Waals surface area (Å²) in [6.45, 7) is 5.85. The number of ether oxygens (including phenoxy) is 1. The second-order valence-corrected chi connectivity index (χ2v) is 9.22. The highest BCUT2D eigenvalue weighted by Gasteiger charge is 2.63. The summed E-state index contributed by atoms with van der Waals surface area (Å²) in [5.74, 6) is -1.47. The Hall–Kier alpha value is -2.05. The van der Waals surface area contributed by atoms with Gasteiger partial charge in [0.15, 0.2) is 6.10 Å². The molecule has 1 saturated heterocycles. The van der Waals surface area contributed by atoms with Crippen molar-refractivity contribution in [2.45, 2.75) is 46.1 Å². The number of carbonyl (C=O) groups is 3. The molecule has 8 heteroatoms. The molecule has 160 valence electrons. The van der Waals surface area contributed by atoms with Crippen LogP contribution in [0.5, 0.6) is 5.75 Å². The predicted octanol–water partition coefficient (Wildman–Crippen LogP) is 4.16. The minimum absolute atomic E-state index is 0.104. The van der Waals surface area contributed by atoms with Gasteiger partial charge in [0.1, 0.15) is 5.75 Å². The fourth-order valence-electron chi connectivity index (χ4n) is 5.33. The molecule has 2 bridgehead atoms. The van der Waals surface area contributed by atoms with Gasteiger partial charge in [-0.1, -0.05) is 41.3 Å². The summed E-state index contributed by atoms with van der Waals surface area (Å²) >= 11 is 12.1. The number of nitrogens with one attached hydrogen (secondary N) is 1. The average molecular weight is 451 g/mol. The highest BCUT2D eigenvalue weighted by atomic mass is 35.5. The van der Waals surface area contributed by atoms with Crippen LogP contribution in [0, 0.1) is 23.7 Å². The van der Waals surface area contributed by atoms with Gasteiger partial charge >= 0.3 is 0 Å². The van der Waals surface area contributed by atoms with E-state index in [9.17, 15) is 14.4 Å². The van der Waals surface area contributed by atoms with Crippen LogP contribution >= 0.6 is 23.2 Å². The molecule has 4 rings (SSSR count). The molecule has 1 heterocycles. The van der Waals surface area contributed by atoms with Gasteiger partial charge in [-0.25, -0.2) is 0 Å². The zero-order valence-electron chi connectivity index (χ0n) is 17.1. The van der Waals surface area contributed by atoms with Gasteiger partial charge in [0, 0.05) is 11.1 Å². The molecule has 1 aromatic carbocycles. The molecule has 1 N–H and O–H groups in total. The number of hydrogen-bond donors (Lipinski definition) is 1. The third-order valence-corrected chi connectivity index (χ3v) is 7.02. The summed E-state index contributed by atoms with van der Waals surface area (Å²) in [4.78, 5) is 38.9. The topological polar surface area (TPSA) is 75.7 Å². The third-order valence-electron chi connectivity index (χ3n) is 6.48. The van der Waals surface area contributed by atoms with E-state index in [2.05, 4.69) is 5.43 Å². The van der Waals surface area contributed by atoms with Gasteiger partial charge in [0.05, 0.1) is 16.9 Å². The van der Waals surface area contributed by atoms with Crippen LogP contribution in [0.1, 0.15) is 40.0 Å². The number of amides is 3. The maximum absolute atomic E-state index is 13.0. The Morgan fingerprint density at radius 1 is 1.17 bits per heavy atom. The van der Waals surface area contributed by atoms with Crippen molar-refractivity contribution in [3.05, 3.63) is 39.4 Å². The van der Waals surface area contributed by atoms with Crippen LogP contribution in [-0.4, -0.2) is 28.8 Å². The van der Waals surface area contributed by atoms with E-state index in [1.807, 2.05) is 13.8 Å². The molecular weight excluding hydrogens is 427 g/mol. The minimum atomic E-state index is -0.924. The summed E-state index contributed by atoms with van der Waals surface area (Å²) in [5.41, 5.74) is 4.97. The van der Waals surface area contributed by atoms with E-state index in [4.69, 9.17) is 27.9 Å². The monoisotopic (exact) mass is 450 g/mol. The van der Waals surface area contributed by atoms with E-state index >= 15 is 0 Å². The van der Waals surface area contributed by atoms with Crippen molar-refractivity contribution < 1.29 is 19.1 Å². The molecule has 6 nitrogen and oxygen atoms in total. The summed E-state index contributed by atoms with van der Waals surface area (Å²) < 4.78 is 5.73. The molecule has 0 spiro atoms. The van der Waals surface area contributed by atoms with Gasteiger partial charge in [-0.15, -0.1) is 0 Å². The van der Waals surface area contributed by atoms with Crippen molar-refractivity contribution in [3.8, 4) is 5.75 Å². The van der Waals surface area contributed by atoms with E-state index in [-0.39, 0.29) is 41.2 Å². The van der Waals surface area contributed by atoms with Gasteiger partial charge in [0.2, 0.25) is 0 Å². The van der Waals surface area contributed by atoms with Crippen LogP contribution in [0.15, 0.2) is 29.3 Å². The molecule has 0 unspecified atom stereocenters. The molecule has 1 aromatic rings. The van der Waals surface area contributed by atoms with Crippen molar-refractivity contribution in [2.75, 3.05) is 0 Å². The number of fused-ring (bicyclic) bond motifs is 5. The normalized spacial score (nSPS) is 28.0. The standard InChI is InChI=1S/C22H24Cl2N2O4/c1-4-15(30-16-9-11(23)5-8-14(16)24)20(27)25-26-21(28)18-12-6-7-13(17(12)10(2)3)19(18)22(26)29/h5,8-9,12-13,15,18-19H,4,6-7H2,1-3H3,(H,25,27)/t12-,13+,15-,18+,19+/m1/s1. The number of halogens is 2. The number of rotatable bonds is 5. The van der Waals surface area contributed by atoms with Crippen LogP contribution in [0.2, 0.25) is 10.0 Å². The first-order chi connectivity index (χ1) is 14.2. The average Bonchev–Trinajstić information content (AvgIpc) is 3.34. The molecule has 2 saturated carbocycles. The predicted molar refractivity (Wildman–Crippen MR) is 113 cm³/mol. The lowest BCUT2D eigenvalue weighted by molar-refractivity contribution is -0.151. The van der Waals surface area contributed by atoms with Gasteiger partial charge in [-0.3, -0.25) is 19.8 Å². The Kier molecular flexibility index (Phi) is 5.58. The van der Waals surface area contributed by atoms with Crippen LogP contribution < -0.4 is 10.2 Å². The van der Waals surface area contributed by atoms with E-state index < -0.39 is 12.0 Å². The molecule has 1 aliphatic heterocycles. The van der Waals surface area contributed by atoms with Crippen LogP contribution in [-0.2, 0) is 14.4 Å². The SMILES string of the molecule is CC[C@@H](Oc1cc(Cl)ccc1Cl)C(=O)NN1C(=O)[C@@H]2[C@@H](C1=O)[C@H]1CC[C@@H]2C1=C(C)C. The quantitative estimate of drug-likeness (QED) is 0.539. The van der Waals surface area contributed by atoms with Gasteiger partial charge in [0.25, 0.3) is 17.7 Å². The van der Waals surface area contributed by atoms with Gasteiger partial charge < -0.3 is 4.74 Å². The smallest absolute Gasteiger partial charge is 0.279 e. The summed E-state index contributed by atoms with van der Waals surface area (Å²) in [6, 6.07) is 4.72. The summed E-state index contributed by atoms with van der Waals surface area (Å²) in [7, 11) is 0. The van der Waals surface area contributed by atoms with E-state index in [1.54, 1.807) is 19.1 Å². The fraction of sp³-hybridized carbons (Fsp3) is 0.500. The van der Waals surface area contributed by atoms with Crippen molar-refractivity contribution >= 4 is 40.9 Å². The molecule has 2 aliphatic carbocycles. The lowest BCUT2D eigenvalue weighted by atomic mass is 9.81. The zero-order chi connectivity index (χ0) is 21.7. The Labute approximate surface area is 185 Å². The van der Waals surface area contributed by atoms with E-state index in [0.29, 0.717) is 16.5 Å².